The van der Waals surface area contributed by atoms with Gasteiger partial charge in [0, 0.05) is 6.54 Å². The van der Waals surface area contributed by atoms with Crippen LogP contribution in [0.2, 0.25) is 0 Å². The van der Waals surface area contributed by atoms with E-state index in [2.05, 4.69) is 48.4 Å². The molecular formula is C19H25N3O. The minimum absolute atomic E-state index is 0.464. The molecule has 0 amide bonds. The third-order valence-electron chi connectivity index (χ3n) is 3.59. The first kappa shape index (κ1) is 16.9. The van der Waals surface area contributed by atoms with E-state index in [0.29, 0.717) is 25.7 Å². The average Bonchev–Trinajstić information content (AvgIpc) is 2.55. The zero-order valence-electron chi connectivity index (χ0n) is 13.9. The molecule has 0 aliphatic rings. The van der Waals surface area contributed by atoms with Crippen molar-refractivity contribution in [2.24, 2.45) is 10.7 Å². The molecule has 2 aromatic rings. The first-order valence-electron chi connectivity index (χ1n) is 7.93. The summed E-state index contributed by atoms with van der Waals surface area (Å²) in [7, 11) is 0. The number of rotatable bonds is 7. The molecule has 0 radical (unpaired) electrons. The van der Waals surface area contributed by atoms with Crippen LogP contribution in [0.5, 0.6) is 5.75 Å². The van der Waals surface area contributed by atoms with Crippen LogP contribution in [0.15, 0.2) is 53.5 Å². The molecule has 0 aliphatic heterocycles. The van der Waals surface area contributed by atoms with E-state index >= 15 is 0 Å². The van der Waals surface area contributed by atoms with Gasteiger partial charge in [-0.15, -0.1) is 0 Å². The zero-order valence-corrected chi connectivity index (χ0v) is 13.9. The minimum Gasteiger partial charge on any atom is -0.491 e. The summed E-state index contributed by atoms with van der Waals surface area (Å²) in [6.07, 6.45) is 0.891. The highest BCUT2D eigenvalue weighted by Gasteiger charge is 2.02. The molecule has 0 spiro atoms. The molecule has 0 saturated carbocycles. The molecule has 122 valence electrons. The summed E-state index contributed by atoms with van der Waals surface area (Å²) in [5.41, 5.74) is 9.42. The molecule has 0 fully saturated rings. The fourth-order valence-corrected chi connectivity index (χ4v) is 2.37. The van der Waals surface area contributed by atoms with Gasteiger partial charge in [0.2, 0.25) is 0 Å². The molecule has 2 aromatic carbocycles. The lowest BCUT2D eigenvalue weighted by atomic mass is 10.1. The molecule has 4 heteroatoms. The number of para-hydroxylation sites is 1. The molecule has 0 heterocycles. The van der Waals surface area contributed by atoms with Crippen LogP contribution in [0.4, 0.5) is 0 Å². The van der Waals surface area contributed by atoms with Crippen LogP contribution in [0, 0.1) is 13.8 Å². The predicted octanol–water partition coefficient (Wildman–Crippen LogP) is 2.83. The van der Waals surface area contributed by atoms with Crippen molar-refractivity contribution in [1.82, 2.24) is 5.32 Å². The van der Waals surface area contributed by atoms with Crippen molar-refractivity contribution in [2.75, 3.05) is 19.7 Å². The van der Waals surface area contributed by atoms with Crippen molar-refractivity contribution < 1.29 is 4.74 Å². The number of nitrogens with two attached hydrogens (primary N) is 1. The number of guanidine groups is 1. The molecular weight excluding hydrogens is 286 g/mol. The zero-order chi connectivity index (χ0) is 16.5. The van der Waals surface area contributed by atoms with E-state index in [1.54, 1.807) is 0 Å². The quantitative estimate of drug-likeness (QED) is 0.469. The maximum Gasteiger partial charge on any atom is 0.188 e. The van der Waals surface area contributed by atoms with E-state index in [0.717, 1.165) is 23.3 Å². The summed E-state index contributed by atoms with van der Waals surface area (Å²) < 4.78 is 5.82. The van der Waals surface area contributed by atoms with Gasteiger partial charge in [0.05, 0.1) is 6.54 Å². The third kappa shape index (κ3) is 5.66. The van der Waals surface area contributed by atoms with Crippen molar-refractivity contribution in [3.8, 4) is 5.75 Å². The summed E-state index contributed by atoms with van der Waals surface area (Å²) in [6.45, 7) is 5.97. The Morgan fingerprint density at radius 2 is 1.74 bits per heavy atom. The van der Waals surface area contributed by atoms with Crippen LogP contribution >= 0.6 is 0 Å². The second-order valence-electron chi connectivity index (χ2n) is 5.50. The van der Waals surface area contributed by atoms with Crippen molar-refractivity contribution in [3.63, 3.8) is 0 Å². The second kappa shape index (κ2) is 8.83. The lowest BCUT2D eigenvalue weighted by Crippen LogP contribution is -2.35. The Hall–Kier alpha value is -2.49. The Bertz CT molecular complexity index is 618. The molecule has 3 N–H and O–H groups in total. The molecule has 4 nitrogen and oxygen atoms in total. The SMILES string of the molecule is Cc1cccc(C)c1OCCNC(N)=NCCc1ccccc1. The molecule has 0 unspecified atom stereocenters. The van der Waals surface area contributed by atoms with Gasteiger partial charge in [0.15, 0.2) is 5.96 Å². The number of ether oxygens (including phenoxy) is 1. The van der Waals surface area contributed by atoms with Gasteiger partial charge in [0.25, 0.3) is 0 Å². The Labute approximate surface area is 138 Å². The third-order valence-corrected chi connectivity index (χ3v) is 3.59. The minimum atomic E-state index is 0.464. The van der Waals surface area contributed by atoms with Crippen molar-refractivity contribution >= 4 is 5.96 Å². The fourth-order valence-electron chi connectivity index (χ4n) is 2.37. The average molecular weight is 311 g/mol. The number of nitrogens with zero attached hydrogens (tertiary/aromatic N) is 1. The number of hydrogen-bond acceptors (Lipinski definition) is 2. The van der Waals surface area contributed by atoms with E-state index < -0.39 is 0 Å². The Balaban J connectivity index is 1.68. The van der Waals surface area contributed by atoms with Crippen LogP contribution in [0.3, 0.4) is 0 Å². The summed E-state index contributed by atoms with van der Waals surface area (Å²) in [6, 6.07) is 16.4. The maximum absolute atomic E-state index is 5.86. The van der Waals surface area contributed by atoms with Gasteiger partial charge in [0.1, 0.15) is 12.4 Å². The monoisotopic (exact) mass is 311 g/mol. The van der Waals surface area contributed by atoms with Crippen LogP contribution in [-0.2, 0) is 6.42 Å². The first-order valence-corrected chi connectivity index (χ1v) is 7.93. The van der Waals surface area contributed by atoms with Gasteiger partial charge in [-0.2, -0.15) is 0 Å². The predicted molar refractivity (Wildman–Crippen MR) is 96.0 cm³/mol. The van der Waals surface area contributed by atoms with Crippen LogP contribution in [0.1, 0.15) is 16.7 Å². The number of hydrogen-bond donors (Lipinski definition) is 2. The summed E-state index contributed by atoms with van der Waals surface area (Å²) in [5, 5.41) is 3.08. The molecule has 0 aliphatic carbocycles. The molecule has 0 saturated heterocycles. The standard InChI is InChI=1S/C19H25N3O/c1-15-7-6-8-16(2)18(15)23-14-13-22-19(20)21-12-11-17-9-4-3-5-10-17/h3-10H,11-14H2,1-2H3,(H3,20,21,22). The largest absolute Gasteiger partial charge is 0.491 e. The van der Waals surface area contributed by atoms with Crippen molar-refractivity contribution in [2.45, 2.75) is 20.3 Å². The number of aliphatic imine (C=N–C) groups is 1. The highest BCUT2D eigenvalue weighted by molar-refractivity contribution is 5.77. The van der Waals surface area contributed by atoms with Crippen LogP contribution in [0.25, 0.3) is 0 Å². The van der Waals surface area contributed by atoms with Crippen molar-refractivity contribution in [1.29, 1.82) is 0 Å². The normalized spacial score (nSPS) is 11.3. The number of benzene rings is 2. The van der Waals surface area contributed by atoms with E-state index in [9.17, 15) is 0 Å². The summed E-state index contributed by atoms with van der Waals surface area (Å²) in [4.78, 5) is 4.33. The molecule has 23 heavy (non-hydrogen) atoms. The van der Waals surface area contributed by atoms with Gasteiger partial charge in [-0.05, 0) is 37.0 Å². The topological polar surface area (TPSA) is 59.6 Å². The lowest BCUT2D eigenvalue weighted by Gasteiger charge is -2.12. The lowest BCUT2D eigenvalue weighted by molar-refractivity contribution is 0.318. The van der Waals surface area contributed by atoms with E-state index in [-0.39, 0.29) is 0 Å². The molecule has 2 rings (SSSR count). The molecule has 0 atom stereocenters. The van der Waals surface area contributed by atoms with Crippen LogP contribution < -0.4 is 15.8 Å². The highest BCUT2D eigenvalue weighted by atomic mass is 16.5. The Morgan fingerprint density at radius 1 is 1.04 bits per heavy atom. The summed E-state index contributed by atoms with van der Waals surface area (Å²) in [5.74, 6) is 1.42. The van der Waals surface area contributed by atoms with Gasteiger partial charge < -0.3 is 15.8 Å². The fraction of sp³-hybridized carbons (Fsp3) is 0.316. The smallest absolute Gasteiger partial charge is 0.188 e. The van der Waals surface area contributed by atoms with Gasteiger partial charge >= 0.3 is 0 Å². The van der Waals surface area contributed by atoms with Gasteiger partial charge in [-0.25, -0.2) is 0 Å². The number of aryl methyl sites for hydroxylation is 2. The molecule has 0 aromatic heterocycles. The summed E-state index contributed by atoms with van der Waals surface area (Å²) >= 11 is 0. The van der Waals surface area contributed by atoms with Crippen LogP contribution in [-0.4, -0.2) is 25.7 Å². The second-order valence-corrected chi connectivity index (χ2v) is 5.50. The Morgan fingerprint density at radius 3 is 2.43 bits per heavy atom. The maximum atomic E-state index is 5.86. The van der Waals surface area contributed by atoms with Crippen molar-refractivity contribution in [3.05, 3.63) is 65.2 Å². The first-order chi connectivity index (χ1) is 11.2. The van der Waals surface area contributed by atoms with Gasteiger partial charge in [-0.3, -0.25) is 4.99 Å². The van der Waals surface area contributed by atoms with E-state index in [1.807, 2.05) is 24.3 Å². The highest BCUT2D eigenvalue weighted by Crippen LogP contribution is 2.21. The Kier molecular flexibility index (Phi) is 6.48. The molecule has 0 bridgehead atoms. The van der Waals surface area contributed by atoms with E-state index in [4.69, 9.17) is 10.5 Å². The number of nitrogens with one attached hydrogen (secondary N) is 1. The van der Waals surface area contributed by atoms with Gasteiger partial charge in [-0.1, -0.05) is 48.5 Å². The van der Waals surface area contributed by atoms with E-state index in [1.165, 1.54) is 5.56 Å².